The van der Waals surface area contributed by atoms with Crippen molar-refractivity contribution in [3.8, 4) is 0 Å². The van der Waals surface area contributed by atoms with Gasteiger partial charge in [0.25, 0.3) is 15.9 Å². The number of nitrogens with one attached hydrogen (secondary N) is 2. The Bertz CT molecular complexity index is 1380. The molecule has 1 aromatic heterocycles. The smallest absolute Gasteiger partial charge is 0.261 e. The summed E-state index contributed by atoms with van der Waals surface area (Å²) in [5.74, 6) is -0.319. The van der Waals surface area contributed by atoms with Crippen LogP contribution in [0.3, 0.4) is 0 Å². The van der Waals surface area contributed by atoms with E-state index in [0.29, 0.717) is 21.4 Å². The number of fused-ring (bicyclic) bond motifs is 1. The number of amides is 1. The number of hydrogen-bond donors (Lipinski definition) is 2. The highest BCUT2D eigenvalue weighted by atomic mass is 35.5. The van der Waals surface area contributed by atoms with Gasteiger partial charge in [0.1, 0.15) is 0 Å². The van der Waals surface area contributed by atoms with Gasteiger partial charge in [-0.15, -0.1) is 0 Å². The summed E-state index contributed by atoms with van der Waals surface area (Å²) in [6.45, 7) is 4.02. The lowest BCUT2D eigenvalue weighted by Crippen LogP contribution is -2.14. The molecule has 0 saturated carbocycles. The van der Waals surface area contributed by atoms with Crippen LogP contribution >= 0.6 is 22.9 Å². The molecule has 31 heavy (non-hydrogen) atoms. The van der Waals surface area contributed by atoms with Crippen LogP contribution in [-0.2, 0) is 10.0 Å². The SMILES string of the molecule is Cc1cc(C)c2sc(NC(=O)c3ccc(NS(=O)(=O)c4ccc(Cl)cc4)cc3)nc2c1. The molecule has 0 fully saturated rings. The first kappa shape index (κ1) is 21.3. The van der Waals surface area contributed by atoms with Crippen molar-refractivity contribution in [3.05, 3.63) is 82.4 Å². The minimum absolute atomic E-state index is 0.0973. The van der Waals surface area contributed by atoms with Gasteiger partial charge in [-0.2, -0.15) is 0 Å². The molecule has 0 saturated heterocycles. The molecule has 9 heteroatoms. The fourth-order valence-corrected chi connectivity index (χ4v) is 5.21. The molecule has 3 aromatic carbocycles. The molecule has 0 atom stereocenters. The summed E-state index contributed by atoms with van der Waals surface area (Å²) in [7, 11) is -3.75. The Morgan fingerprint density at radius 1 is 1.00 bits per heavy atom. The minimum atomic E-state index is -3.75. The van der Waals surface area contributed by atoms with Gasteiger partial charge in [-0.05, 0) is 79.6 Å². The Hall–Kier alpha value is -2.94. The Morgan fingerprint density at radius 2 is 1.68 bits per heavy atom. The number of hydrogen-bond acceptors (Lipinski definition) is 5. The largest absolute Gasteiger partial charge is 0.298 e. The average Bonchev–Trinajstić information content (AvgIpc) is 3.11. The lowest BCUT2D eigenvalue weighted by molar-refractivity contribution is 0.102. The van der Waals surface area contributed by atoms with Crippen molar-refractivity contribution in [2.75, 3.05) is 10.0 Å². The topological polar surface area (TPSA) is 88.2 Å². The molecule has 6 nitrogen and oxygen atoms in total. The molecule has 0 bridgehead atoms. The highest BCUT2D eigenvalue weighted by Gasteiger charge is 2.15. The number of aromatic nitrogens is 1. The molecule has 0 radical (unpaired) electrons. The van der Waals surface area contributed by atoms with Crippen LogP contribution in [0.25, 0.3) is 10.2 Å². The van der Waals surface area contributed by atoms with Crippen LogP contribution in [0, 0.1) is 13.8 Å². The van der Waals surface area contributed by atoms with Crippen LogP contribution < -0.4 is 10.0 Å². The van der Waals surface area contributed by atoms with Gasteiger partial charge in [0, 0.05) is 16.3 Å². The number of thiazole rings is 1. The summed E-state index contributed by atoms with van der Waals surface area (Å²) in [4.78, 5) is 17.2. The van der Waals surface area contributed by atoms with E-state index in [-0.39, 0.29) is 10.8 Å². The van der Waals surface area contributed by atoms with Crippen LogP contribution in [-0.4, -0.2) is 19.3 Å². The molecule has 1 heterocycles. The summed E-state index contributed by atoms with van der Waals surface area (Å²) in [6.07, 6.45) is 0. The van der Waals surface area contributed by atoms with Gasteiger partial charge < -0.3 is 0 Å². The van der Waals surface area contributed by atoms with Gasteiger partial charge in [0.2, 0.25) is 0 Å². The van der Waals surface area contributed by atoms with E-state index in [9.17, 15) is 13.2 Å². The zero-order chi connectivity index (χ0) is 22.2. The first-order chi connectivity index (χ1) is 14.7. The first-order valence-electron chi connectivity index (χ1n) is 9.29. The van der Waals surface area contributed by atoms with Crippen molar-refractivity contribution in [2.45, 2.75) is 18.7 Å². The number of halogens is 1. The molecule has 0 aliphatic rings. The Morgan fingerprint density at radius 3 is 2.35 bits per heavy atom. The van der Waals surface area contributed by atoms with E-state index in [0.717, 1.165) is 21.3 Å². The lowest BCUT2D eigenvalue weighted by atomic mass is 10.1. The number of sulfonamides is 1. The van der Waals surface area contributed by atoms with E-state index in [1.807, 2.05) is 19.9 Å². The molecule has 0 spiro atoms. The van der Waals surface area contributed by atoms with Crippen molar-refractivity contribution in [1.82, 2.24) is 4.98 Å². The van der Waals surface area contributed by atoms with Gasteiger partial charge in [-0.25, -0.2) is 13.4 Å². The maximum absolute atomic E-state index is 12.6. The van der Waals surface area contributed by atoms with Gasteiger partial charge in [-0.3, -0.25) is 14.8 Å². The second-order valence-electron chi connectivity index (χ2n) is 7.04. The van der Waals surface area contributed by atoms with Crippen molar-refractivity contribution in [1.29, 1.82) is 0 Å². The fraction of sp³-hybridized carbons (Fsp3) is 0.0909. The molecule has 4 rings (SSSR count). The maximum atomic E-state index is 12.6. The third-order valence-corrected chi connectivity index (χ3v) is 7.33. The number of rotatable bonds is 5. The molecular weight excluding hydrogens is 454 g/mol. The van der Waals surface area contributed by atoms with E-state index in [4.69, 9.17) is 11.6 Å². The quantitative estimate of drug-likeness (QED) is 0.395. The maximum Gasteiger partial charge on any atom is 0.261 e. The molecule has 158 valence electrons. The molecule has 0 unspecified atom stereocenters. The summed E-state index contributed by atoms with van der Waals surface area (Å²) in [6, 6.07) is 16.1. The normalized spacial score (nSPS) is 11.5. The number of aryl methyl sites for hydroxylation is 2. The van der Waals surface area contributed by atoms with E-state index in [1.165, 1.54) is 47.7 Å². The Balaban J connectivity index is 1.48. The van der Waals surface area contributed by atoms with Gasteiger partial charge >= 0.3 is 0 Å². The second kappa shape index (κ2) is 8.30. The monoisotopic (exact) mass is 471 g/mol. The van der Waals surface area contributed by atoms with Crippen LogP contribution in [0.5, 0.6) is 0 Å². The van der Waals surface area contributed by atoms with E-state index in [1.54, 1.807) is 12.1 Å². The zero-order valence-electron chi connectivity index (χ0n) is 16.6. The molecule has 4 aromatic rings. The van der Waals surface area contributed by atoms with Crippen LogP contribution in [0.4, 0.5) is 10.8 Å². The van der Waals surface area contributed by atoms with E-state index >= 15 is 0 Å². The lowest BCUT2D eigenvalue weighted by Gasteiger charge is -2.09. The average molecular weight is 472 g/mol. The highest BCUT2D eigenvalue weighted by molar-refractivity contribution is 7.92. The van der Waals surface area contributed by atoms with Crippen LogP contribution in [0.2, 0.25) is 5.02 Å². The van der Waals surface area contributed by atoms with E-state index in [2.05, 4.69) is 21.1 Å². The second-order valence-corrected chi connectivity index (χ2v) is 10.2. The zero-order valence-corrected chi connectivity index (χ0v) is 19.0. The summed E-state index contributed by atoms with van der Waals surface area (Å²) >= 11 is 7.23. The molecular formula is C22H18ClN3O3S2. The van der Waals surface area contributed by atoms with Gasteiger partial charge in [0.05, 0.1) is 15.1 Å². The van der Waals surface area contributed by atoms with E-state index < -0.39 is 10.0 Å². The van der Waals surface area contributed by atoms with Crippen molar-refractivity contribution in [3.63, 3.8) is 0 Å². The number of anilines is 2. The molecule has 1 amide bonds. The van der Waals surface area contributed by atoms with Crippen molar-refractivity contribution >= 4 is 59.9 Å². The molecule has 0 aliphatic heterocycles. The summed E-state index contributed by atoms with van der Waals surface area (Å²) < 4.78 is 28.5. The fourth-order valence-electron chi connectivity index (χ4n) is 3.12. The third kappa shape index (κ3) is 4.71. The van der Waals surface area contributed by atoms with Crippen LogP contribution in [0.1, 0.15) is 21.5 Å². The predicted octanol–water partition coefficient (Wildman–Crippen LogP) is 5.62. The number of nitrogens with zero attached hydrogens (tertiary/aromatic N) is 1. The third-order valence-electron chi connectivity index (χ3n) is 4.56. The molecule has 0 aliphatic carbocycles. The standard InChI is InChI=1S/C22H18ClN3O3S2/c1-13-11-14(2)20-19(12-13)24-22(30-20)25-21(27)15-3-7-17(8-4-15)26-31(28,29)18-9-5-16(23)6-10-18/h3-12,26H,1-2H3,(H,24,25,27). The van der Waals surface area contributed by atoms with Crippen molar-refractivity contribution < 1.29 is 13.2 Å². The number of carbonyl (C=O) groups is 1. The van der Waals surface area contributed by atoms with Crippen molar-refractivity contribution in [2.24, 2.45) is 0 Å². The summed E-state index contributed by atoms with van der Waals surface area (Å²) in [5, 5.41) is 3.78. The van der Waals surface area contributed by atoms with Crippen LogP contribution in [0.15, 0.2) is 65.6 Å². The Labute approximate surface area is 189 Å². The summed E-state index contributed by atoms with van der Waals surface area (Å²) in [5.41, 5.74) is 3.82. The van der Waals surface area contributed by atoms with Gasteiger partial charge in [0.15, 0.2) is 5.13 Å². The van der Waals surface area contributed by atoms with Gasteiger partial charge in [-0.1, -0.05) is 29.0 Å². The Kier molecular flexibility index (Phi) is 5.70. The highest BCUT2D eigenvalue weighted by Crippen LogP contribution is 2.30. The molecule has 2 N–H and O–H groups in total. The minimum Gasteiger partial charge on any atom is -0.298 e. The predicted molar refractivity (Wildman–Crippen MR) is 126 cm³/mol. The number of carbonyl (C=O) groups excluding carboxylic acids is 1. The number of benzene rings is 3. The first-order valence-corrected chi connectivity index (χ1v) is 12.0.